The highest BCUT2D eigenvalue weighted by Gasteiger charge is 2.46. The minimum absolute atomic E-state index is 0.00497. The first-order valence-electron chi connectivity index (χ1n) is 17.8. The molecule has 2 unspecified atom stereocenters. The molecule has 0 amide bonds. The summed E-state index contributed by atoms with van der Waals surface area (Å²) in [6, 6.07) is 13.0. The Bertz CT molecular complexity index is 2490. The molecule has 2 N–H and O–H groups in total. The summed E-state index contributed by atoms with van der Waals surface area (Å²) < 4.78 is 70.2. The molecule has 1 aliphatic heterocycles. The standard InChI is InChI=1S/C39H40N4O10S2/c1-5-40-30(42(22-20-24(3)54(48,49)50)34-32(40)36(44)26-14-10-12-16-28(26)38(34)46)18-8-7-9-19-31-41(6-2)33-35(43(31)23-21-25(4)55(51,52)53)39(47)29-17-13-11-15-27(29)37(33)45/h7-19,24-25H,5-6,20-23H2,1-4H3,(H-,48,49,50,51,52,53)/p+1. The van der Waals surface area contributed by atoms with Gasteiger partial charge in [0, 0.05) is 47.8 Å². The van der Waals surface area contributed by atoms with Crippen LogP contribution in [0.3, 0.4) is 0 Å². The topological polar surface area (TPSA) is 192 Å². The summed E-state index contributed by atoms with van der Waals surface area (Å²) in [4.78, 5) is 58.7. The largest absolute Gasteiger partial charge is 0.323 e. The van der Waals surface area contributed by atoms with Crippen LogP contribution in [0.1, 0.15) is 99.2 Å². The van der Waals surface area contributed by atoms with Crippen molar-refractivity contribution in [3.8, 4) is 0 Å². The number of fused-ring (bicyclic) bond motifs is 3. The van der Waals surface area contributed by atoms with Crippen molar-refractivity contribution in [3.05, 3.63) is 130 Å². The number of hydrogen-bond acceptors (Lipinski definition) is 10. The van der Waals surface area contributed by atoms with E-state index in [9.17, 15) is 45.1 Å². The van der Waals surface area contributed by atoms with Gasteiger partial charge in [-0.05, 0) is 40.2 Å². The van der Waals surface area contributed by atoms with Gasteiger partial charge in [0.2, 0.25) is 34.5 Å². The molecule has 288 valence electrons. The second-order valence-corrected chi connectivity index (χ2v) is 17.1. The molecular weight excluding hydrogens is 749 g/mol. The van der Waals surface area contributed by atoms with Crippen LogP contribution in [0, 0.1) is 0 Å². The normalized spacial score (nSPS) is 17.7. The van der Waals surface area contributed by atoms with Gasteiger partial charge in [-0.1, -0.05) is 66.8 Å². The molecule has 0 fully saturated rings. The van der Waals surface area contributed by atoms with Crippen molar-refractivity contribution in [2.75, 3.05) is 13.1 Å². The first kappa shape index (κ1) is 39.4. The van der Waals surface area contributed by atoms with E-state index in [4.69, 9.17) is 0 Å². The van der Waals surface area contributed by atoms with Crippen molar-refractivity contribution >= 4 is 49.4 Å². The molecule has 16 heteroatoms. The second-order valence-electron chi connectivity index (χ2n) is 13.4. The summed E-state index contributed by atoms with van der Waals surface area (Å²) in [6.07, 6.45) is 8.22. The Morgan fingerprint density at radius 1 is 0.673 bits per heavy atom. The Labute approximate surface area is 319 Å². The van der Waals surface area contributed by atoms with E-state index in [0.29, 0.717) is 24.7 Å². The third kappa shape index (κ3) is 7.06. The number of ketones is 4. The van der Waals surface area contributed by atoms with E-state index >= 15 is 0 Å². The van der Waals surface area contributed by atoms with Crippen molar-refractivity contribution in [3.63, 3.8) is 0 Å². The van der Waals surface area contributed by atoms with E-state index in [1.165, 1.54) is 13.8 Å². The van der Waals surface area contributed by atoms with Gasteiger partial charge in [0.25, 0.3) is 26.1 Å². The summed E-state index contributed by atoms with van der Waals surface area (Å²) in [5.74, 6) is -0.613. The van der Waals surface area contributed by atoms with E-state index in [2.05, 4.69) is 0 Å². The number of carbonyl (C=O) groups is 4. The number of aromatic nitrogens is 2. The lowest BCUT2D eigenvalue weighted by Gasteiger charge is -2.26. The van der Waals surface area contributed by atoms with Crippen molar-refractivity contribution in [1.82, 2.24) is 14.4 Å². The Morgan fingerprint density at radius 3 is 1.71 bits per heavy atom. The van der Waals surface area contributed by atoms with Crippen molar-refractivity contribution < 1.29 is 49.7 Å². The molecule has 0 saturated heterocycles. The number of allylic oxidation sites excluding steroid dienone is 6. The first-order chi connectivity index (χ1) is 26.0. The van der Waals surface area contributed by atoms with Crippen molar-refractivity contribution in [2.24, 2.45) is 0 Å². The number of Topliss-reactive ketones (excluding diaryl/α,β-unsaturated/α-hetero) is 2. The molecule has 3 aromatic rings. The maximum Gasteiger partial charge on any atom is 0.282 e. The van der Waals surface area contributed by atoms with E-state index in [1.54, 1.807) is 97.8 Å². The van der Waals surface area contributed by atoms with Gasteiger partial charge in [-0.15, -0.1) is 0 Å². The van der Waals surface area contributed by atoms with E-state index < -0.39 is 30.7 Å². The molecule has 14 nitrogen and oxygen atoms in total. The molecule has 2 aliphatic carbocycles. The number of carbonyl (C=O) groups excluding carboxylic acids is 4. The molecule has 0 spiro atoms. The quantitative estimate of drug-likeness (QED) is 0.111. The highest BCUT2D eigenvalue weighted by Crippen LogP contribution is 2.40. The van der Waals surface area contributed by atoms with Crippen LogP contribution in [0.15, 0.2) is 90.1 Å². The molecule has 1 aromatic heterocycles. The van der Waals surface area contributed by atoms with Gasteiger partial charge in [0.05, 0.1) is 23.6 Å². The minimum Gasteiger partial charge on any atom is -0.323 e. The van der Waals surface area contributed by atoms with Crippen LogP contribution >= 0.6 is 0 Å². The van der Waals surface area contributed by atoms with Crippen molar-refractivity contribution in [1.29, 1.82) is 0 Å². The van der Waals surface area contributed by atoms with Crippen LogP contribution in [0.4, 0.5) is 0 Å². The maximum atomic E-state index is 13.9. The molecule has 2 heterocycles. The maximum absolute atomic E-state index is 13.9. The third-order valence-corrected chi connectivity index (χ3v) is 12.7. The molecule has 3 aliphatic rings. The summed E-state index contributed by atoms with van der Waals surface area (Å²) in [5, 5.41) is -2.29. The lowest BCUT2D eigenvalue weighted by Crippen LogP contribution is -2.44. The summed E-state index contributed by atoms with van der Waals surface area (Å²) in [5.41, 5.74) is 1.56. The van der Waals surface area contributed by atoms with Crippen LogP contribution in [-0.4, -0.2) is 87.0 Å². The smallest absolute Gasteiger partial charge is 0.282 e. The van der Waals surface area contributed by atoms with Crippen LogP contribution in [0.2, 0.25) is 0 Å². The van der Waals surface area contributed by atoms with Crippen LogP contribution in [0.5, 0.6) is 0 Å². The zero-order valence-electron chi connectivity index (χ0n) is 30.7. The Kier molecular flexibility index (Phi) is 10.8. The van der Waals surface area contributed by atoms with Gasteiger partial charge in [0.1, 0.15) is 17.2 Å². The first-order valence-corrected chi connectivity index (χ1v) is 20.8. The van der Waals surface area contributed by atoms with E-state index in [0.717, 1.165) is 0 Å². The number of likely N-dealkylation sites (N-methyl/N-ethyl adjacent to an activating group) is 1. The number of rotatable bonds is 13. The predicted octanol–water partition coefficient (Wildman–Crippen LogP) is 4.24. The zero-order chi connectivity index (χ0) is 40.0. The predicted molar refractivity (Wildman–Crippen MR) is 202 cm³/mol. The fourth-order valence-electron chi connectivity index (χ4n) is 7.17. The van der Waals surface area contributed by atoms with Gasteiger partial charge in [0.15, 0.2) is 0 Å². The molecule has 0 radical (unpaired) electrons. The fraction of sp³-hybridized carbons (Fsp3) is 0.308. The average molecular weight is 790 g/mol. The molecule has 2 atom stereocenters. The second kappa shape index (κ2) is 15.1. The number of imidazole rings is 1. The van der Waals surface area contributed by atoms with Gasteiger partial charge >= 0.3 is 0 Å². The summed E-state index contributed by atoms with van der Waals surface area (Å²) in [6.45, 7) is 6.92. The highest BCUT2D eigenvalue weighted by molar-refractivity contribution is 7.86. The van der Waals surface area contributed by atoms with Crippen molar-refractivity contribution in [2.45, 2.75) is 64.1 Å². The Balaban J connectivity index is 1.39. The molecule has 55 heavy (non-hydrogen) atoms. The summed E-state index contributed by atoms with van der Waals surface area (Å²) >= 11 is 0. The van der Waals surface area contributed by atoms with Gasteiger partial charge in [-0.2, -0.15) is 16.8 Å². The molecule has 0 saturated carbocycles. The monoisotopic (exact) mass is 789 g/mol. The Morgan fingerprint density at radius 2 is 1.18 bits per heavy atom. The van der Waals surface area contributed by atoms with Crippen LogP contribution in [0.25, 0.3) is 6.08 Å². The van der Waals surface area contributed by atoms with E-state index in [-0.39, 0.29) is 94.1 Å². The van der Waals surface area contributed by atoms with Crippen LogP contribution < -0.4 is 4.57 Å². The number of benzene rings is 2. The van der Waals surface area contributed by atoms with Crippen LogP contribution in [-0.2, 0) is 33.3 Å². The van der Waals surface area contributed by atoms with E-state index in [1.807, 2.05) is 13.8 Å². The highest BCUT2D eigenvalue weighted by atomic mass is 32.2. The Hall–Kier alpha value is -5.29. The van der Waals surface area contributed by atoms with Gasteiger partial charge < -0.3 is 9.80 Å². The molecule has 2 aromatic carbocycles. The molecule has 6 rings (SSSR count). The SMILES string of the molecule is CCN1C(=CC=CC=Cc2n(CC)c3c([n+]2CCC(C)S(=O)(=O)O)C(=O)c2ccccc2C3=O)N(CCC(C)S(=O)(=O)O)C2=C1C(=O)c1ccccc1C2=O. The number of hydrogen-bond donors (Lipinski definition) is 2. The number of nitrogens with zero attached hydrogens (tertiary/aromatic N) is 4. The van der Waals surface area contributed by atoms with Gasteiger partial charge in [-0.3, -0.25) is 28.3 Å². The third-order valence-electron chi connectivity index (χ3n) is 10.2. The molecule has 0 bridgehead atoms. The van der Waals surface area contributed by atoms with Gasteiger partial charge in [-0.25, -0.2) is 9.13 Å². The lowest BCUT2D eigenvalue weighted by molar-refractivity contribution is -0.700. The molecular formula is C39H41N4O10S2+. The fourth-order valence-corrected chi connectivity index (χ4v) is 7.98. The average Bonchev–Trinajstić information content (AvgIpc) is 3.64. The summed E-state index contributed by atoms with van der Waals surface area (Å²) in [7, 11) is -8.75. The zero-order valence-corrected chi connectivity index (χ0v) is 32.3. The lowest BCUT2D eigenvalue weighted by atomic mass is 9.90. The minimum atomic E-state index is -4.37.